The molecular formula is C34H50N6O7. The summed E-state index contributed by atoms with van der Waals surface area (Å²) in [5.41, 5.74) is 6.82. The maximum absolute atomic E-state index is 13.2. The molecule has 0 radical (unpaired) electrons. The van der Waals surface area contributed by atoms with Gasteiger partial charge in [0.1, 0.15) is 29.9 Å². The topological polar surface area (TPSA) is 209 Å². The van der Waals surface area contributed by atoms with E-state index in [9.17, 15) is 33.9 Å². The highest BCUT2D eigenvalue weighted by Crippen LogP contribution is 2.12. The number of aromatic hydroxyl groups is 1. The van der Waals surface area contributed by atoms with Crippen LogP contribution in [0.1, 0.15) is 66.4 Å². The number of hydrogen-bond donors (Lipinski definition) is 7. The summed E-state index contributed by atoms with van der Waals surface area (Å²) in [6.45, 7) is 13.8. The van der Waals surface area contributed by atoms with Crippen LogP contribution in [0.3, 0.4) is 0 Å². The van der Waals surface area contributed by atoms with Gasteiger partial charge in [0.25, 0.3) is 0 Å². The van der Waals surface area contributed by atoms with Crippen molar-refractivity contribution < 1.29 is 33.9 Å². The van der Waals surface area contributed by atoms with Crippen molar-refractivity contribution in [2.45, 2.75) is 91.4 Å². The van der Waals surface area contributed by atoms with Crippen LogP contribution >= 0.6 is 0 Å². The minimum atomic E-state index is -1.26. The molecule has 1 aromatic carbocycles. The molecule has 0 fully saturated rings. The number of nitrogens with two attached hydrogens (primary N) is 1. The van der Waals surface area contributed by atoms with E-state index >= 15 is 0 Å². The number of primary amides is 1. The first-order chi connectivity index (χ1) is 22.2. The molecule has 4 atom stereocenters. The molecule has 8 N–H and O–H groups in total. The van der Waals surface area contributed by atoms with Crippen molar-refractivity contribution in [2.75, 3.05) is 6.54 Å². The van der Waals surface area contributed by atoms with Crippen LogP contribution in [-0.4, -0.2) is 71.3 Å². The molecule has 13 nitrogen and oxygen atoms in total. The summed E-state index contributed by atoms with van der Waals surface area (Å²) >= 11 is 0. The predicted octanol–water partition coefficient (Wildman–Crippen LogP) is 1.11. The molecule has 0 aliphatic heterocycles. The van der Waals surface area contributed by atoms with Crippen LogP contribution in [-0.2, 0) is 35.2 Å². The first-order valence-electron chi connectivity index (χ1n) is 15.4. The number of phenolic OH excluding ortho intramolecular Hbond substituents is 1. The second kappa shape index (κ2) is 22.4. The van der Waals surface area contributed by atoms with Gasteiger partial charge in [0.15, 0.2) is 0 Å². The van der Waals surface area contributed by atoms with Gasteiger partial charge in [0, 0.05) is 19.8 Å². The Labute approximate surface area is 277 Å². The molecular weight excluding hydrogens is 604 g/mol. The van der Waals surface area contributed by atoms with E-state index < -0.39 is 66.2 Å². The zero-order valence-electron chi connectivity index (χ0n) is 28.1. The van der Waals surface area contributed by atoms with Crippen molar-refractivity contribution in [1.82, 2.24) is 26.6 Å². The lowest BCUT2D eigenvalue weighted by Gasteiger charge is -2.25. The third-order valence-electron chi connectivity index (χ3n) is 6.40. The summed E-state index contributed by atoms with van der Waals surface area (Å²) in [6, 6.07) is 1.68. The second-order valence-corrected chi connectivity index (χ2v) is 11.0. The Morgan fingerprint density at radius 2 is 1.47 bits per heavy atom. The van der Waals surface area contributed by atoms with E-state index in [-0.39, 0.29) is 30.9 Å². The second-order valence-electron chi connectivity index (χ2n) is 11.0. The van der Waals surface area contributed by atoms with Crippen LogP contribution in [0.5, 0.6) is 5.75 Å². The Morgan fingerprint density at radius 3 is 1.98 bits per heavy atom. The maximum atomic E-state index is 13.2. The molecule has 0 aliphatic carbocycles. The van der Waals surface area contributed by atoms with E-state index in [1.54, 1.807) is 25.1 Å². The van der Waals surface area contributed by atoms with Crippen LogP contribution in [0.2, 0.25) is 0 Å². The first kappa shape index (κ1) is 41.9. The van der Waals surface area contributed by atoms with Crippen LogP contribution in [0.25, 0.3) is 0 Å². The van der Waals surface area contributed by atoms with Gasteiger partial charge in [-0.05, 0) is 43.4 Å². The molecule has 6 amide bonds. The minimum absolute atomic E-state index is 0.0396. The van der Waals surface area contributed by atoms with Crippen molar-refractivity contribution in [3.05, 3.63) is 54.1 Å². The van der Waals surface area contributed by atoms with E-state index in [0.717, 1.165) is 0 Å². The van der Waals surface area contributed by atoms with Gasteiger partial charge in [-0.3, -0.25) is 28.8 Å². The molecule has 0 saturated heterocycles. The standard InChI is InChI=1S/C32H44N6O7.C2H6/c1-7-9-20(5)16-26(32(45)37-25(29(33)42)15-19(3)4)38-31(44)24(10-8-2)36-28(41)18-34-30(43)27(35-21(6)39)17-22-11-13-23(40)14-12-22;1-2/h2,7,9,11-14,19,24-27,40H,1,10,15-18H2,3-6H3,(H2,33,42)(H,34,43)(H,35,39)(H,36,41)(H,37,45)(H,38,44);1-2H3/b20-9+;. The fourth-order valence-electron chi connectivity index (χ4n) is 4.25. The fraction of sp³-hybridized carbons (Fsp3) is 0.471. The van der Waals surface area contributed by atoms with Crippen LogP contribution in [0.4, 0.5) is 0 Å². The number of carbonyl (C=O) groups is 6. The highest BCUT2D eigenvalue weighted by molar-refractivity contribution is 5.95. The third kappa shape index (κ3) is 17.2. The van der Waals surface area contributed by atoms with Crippen LogP contribution < -0.4 is 32.3 Å². The fourth-order valence-corrected chi connectivity index (χ4v) is 4.25. The van der Waals surface area contributed by atoms with Crippen molar-refractivity contribution >= 4 is 35.4 Å². The van der Waals surface area contributed by atoms with E-state index in [2.05, 4.69) is 39.1 Å². The molecule has 0 saturated carbocycles. The number of carbonyl (C=O) groups excluding carboxylic acids is 6. The number of benzene rings is 1. The molecule has 13 heteroatoms. The molecule has 47 heavy (non-hydrogen) atoms. The summed E-state index contributed by atoms with van der Waals surface area (Å²) in [4.78, 5) is 75.6. The zero-order valence-corrected chi connectivity index (χ0v) is 28.1. The Balaban J connectivity index is 0.0000104. The molecule has 0 spiro atoms. The Morgan fingerprint density at radius 1 is 0.894 bits per heavy atom. The Kier molecular flexibility index (Phi) is 20.0. The van der Waals surface area contributed by atoms with E-state index in [1.165, 1.54) is 25.1 Å². The molecule has 1 rings (SSSR count). The lowest BCUT2D eigenvalue weighted by atomic mass is 10.0. The largest absolute Gasteiger partial charge is 0.508 e. The number of terminal acetylenes is 1. The van der Waals surface area contributed by atoms with Crippen molar-refractivity contribution in [2.24, 2.45) is 11.7 Å². The van der Waals surface area contributed by atoms with Gasteiger partial charge >= 0.3 is 0 Å². The average Bonchev–Trinajstić information content (AvgIpc) is 3.00. The molecule has 1 aromatic rings. The average molecular weight is 655 g/mol. The van der Waals surface area contributed by atoms with Gasteiger partial charge in [0.2, 0.25) is 35.4 Å². The maximum Gasteiger partial charge on any atom is 0.244 e. The number of rotatable bonds is 18. The van der Waals surface area contributed by atoms with Gasteiger partial charge in [-0.1, -0.05) is 64.1 Å². The predicted molar refractivity (Wildman–Crippen MR) is 180 cm³/mol. The van der Waals surface area contributed by atoms with Gasteiger partial charge in [-0.15, -0.1) is 12.3 Å². The van der Waals surface area contributed by atoms with E-state index in [0.29, 0.717) is 17.6 Å². The minimum Gasteiger partial charge on any atom is -0.508 e. The molecule has 0 bridgehead atoms. The number of allylic oxidation sites excluding steroid dienone is 2. The molecule has 0 aromatic heterocycles. The normalized spacial score (nSPS) is 13.2. The van der Waals surface area contributed by atoms with Crippen molar-refractivity contribution in [3.8, 4) is 18.1 Å². The van der Waals surface area contributed by atoms with Crippen LogP contribution in [0.15, 0.2) is 48.6 Å². The summed E-state index contributed by atoms with van der Waals surface area (Å²) in [5, 5.41) is 22.1. The van der Waals surface area contributed by atoms with Crippen molar-refractivity contribution in [1.29, 1.82) is 0 Å². The molecule has 4 unspecified atom stereocenters. The molecule has 0 aliphatic rings. The highest BCUT2D eigenvalue weighted by Gasteiger charge is 2.29. The van der Waals surface area contributed by atoms with Gasteiger partial charge in [-0.2, -0.15) is 0 Å². The first-order valence-corrected chi connectivity index (χ1v) is 15.4. The van der Waals surface area contributed by atoms with Gasteiger partial charge < -0.3 is 37.4 Å². The number of amides is 6. The summed E-state index contributed by atoms with van der Waals surface area (Å²) in [7, 11) is 0. The summed E-state index contributed by atoms with van der Waals surface area (Å²) in [5.74, 6) is -1.61. The Bertz CT molecular complexity index is 1300. The zero-order chi connectivity index (χ0) is 36.1. The summed E-state index contributed by atoms with van der Waals surface area (Å²) in [6.07, 6.45) is 8.83. The third-order valence-corrected chi connectivity index (χ3v) is 6.40. The van der Waals surface area contributed by atoms with E-state index in [1.807, 2.05) is 27.7 Å². The van der Waals surface area contributed by atoms with Gasteiger partial charge in [0.05, 0.1) is 6.54 Å². The smallest absolute Gasteiger partial charge is 0.244 e. The van der Waals surface area contributed by atoms with Gasteiger partial charge in [-0.25, -0.2) is 0 Å². The quantitative estimate of drug-likeness (QED) is 0.0905. The summed E-state index contributed by atoms with van der Waals surface area (Å²) < 4.78 is 0. The lowest BCUT2D eigenvalue weighted by molar-refractivity contribution is -0.133. The molecule has 0 heterocycles. The molecule has 258 valence electrons. The SMILES string of the molecule is C#CCC(NC(=O)CNC(=O)C(Cc1ccc(O)cc1)NC(C)=O)C(=O)NC(C/C(C)=C/C=C)C(=O)NC(CC(C)C)C(N)=O.CC. The Hall–Kier alpha value is -5.12. The number of phenols is 1. The highest BCUT2D eigenvalue weighted by atomic mass is 16.3. The lowest BCUT2D eigenvalue weighted by Crippen LogP contribution is -2.57. The van der Waals surface area contributed by atoms with E-state index in [4.69, 9.17) is 12.2 Å². The van der Waals surface area contributed by atoms with Crippen molar-refractivity contribution in [3.63, 3.8) is 0 Å². The monoisotopic (exact) mass is 654 g/mol. The number of hydrogen-bond acceptors (Lipinski definition) is 7. The number of nitrogens with one attached hydrogen (secondary N) is 5. The van der Waals surface area contributed by atoms with Crippen LogP contribution in [0, 0.1) is 18.3 Å².